The number of allylic oxidation sites excluding steroid dienone is 1. The zero-order valence-corrected chi connectivity index (χ0v) is 22.0. The summed E-state index contributed by atoms with van der Waals surface area (Å²) >= 11 is 6.79. The molecule has 1 fully saturated rings. The zero-order chi connectivity index (χ0) is 25.8. The van der Waals surface area contributed by atoms with Gasteiger partial charge in [-0.1, -0.05) is 41.9 Å². The molecule has 0 radical (unpaired) electrons. The van der Waals surface area contributed by atoms with Gasteiger partial charge in [0.25, 0.3) is 0 Å². The second-order valence-electron chi connectivity index (χ2n) is 10.1. The van der Waals surface area contributed by atoms with Crippen molar-refractivity contribution in [3.05, 3.63) is 99.1 Å². The predicted octanol–water partition coefficient (Wildman–Crippen LogP) is 7.63. The normalized spacial score (nSPS) is 17.8. The van der Waals surface area contributed by atoms with Gasteiger partial charge in [-0.3, -0.25) is 9.29 Å². The number of aryl methyl sites for hydroxylation is 2. The molecule has 3 nitrogen and oxygen atoms in total. The van der Waals surface area contributed by atoms with Gasteiger partial charge in [-0.05, 0) is 108 Å². The van der Waals surface area contributed by atoms with Gasteiger partial charge in [0.05, 0.1) is 18.3 Å². The number of nitrogens with zero attached hydrogens (tertiary/aromatic N) is 2. The standard InChI is InChI=1S/C32H32ClFN2O/c1-22-6-12-29(31(33)18-22)30-5-2-4-25-19-23(20-35)7-13-28(25)32(30)24-8-10-26(11-9-24)37-27-14-17-36(21-27)16-3-15-34/h6-13,18-19,27H,2-5,14-17,21H2,1H3. The summed E-state index contributed by atoms with van der Waals surface area (Å²) in [5.41, 5.74) is 8.79. The number of hydrogen-bond acceptors (Lipinski definition) is 3. The summed E-state index contributed by atoms with van der Waals surface area (Å²) in [7, 11) is 0. The van der Waals surface area contributed by atoms with E-state index in [2.05, 4.69) is 60.4 Å². The molecule has 37 heavy (non-hydrogen) atoms. The molecule has 3 aromatic rings. The van der Waals surface area contributed by atoms with E-state index in [0.29, 0.717) is 12.0 Å². The maximum atomic E-state index is 12.5. The van der Waals surface area contributed by atoms with Gasteiger partial charge >= 0.3 is 0 Å². The fraction of sp³-hybridized carbons (Fsp3) is 0.344. The number of nitriles is 1. The van der Waals surface area contributed by atoms with Gasteiger partial charge in [-0.2, -0.15) is 5.26 Å². The number of alkyl halides is 1. The second kappa shape index (κ2) is 11.5. The van der Waals surface area contributed by atoms with E-state index in [1.165, 1.54) is 16.7 Å². The molecule has 0 bridgehead atoms. The van der Waals surface area contributed by atoms with Crippen LogP contribution in [0.25, 0.3) is 11.1 Å². The van der Waals surface area contributed by atoms with E-state index in [1.807, 2.05) is 18.2 Å². The first kappa shape index (κ1) is 25.5. The molecular weight excluding hydrogens is 483 g/mol. The highest BCUT2D eigenvalue weighted by atomic mass is 35.5. The fourth-order valence-corrected chi connectivity index (χ4v) is 5.94. The first-order chi connectivity index (χ1) is 18.1. The molecule has 1 atom stereocenters. The Kier molecular flexibility index (Phi) is 7.93. The van der Waals surface area contributed by atoms with Crippen LogP contribution in [-0.4, -0.2) is 37.3 Å². The molecule has 5 heteroatoms. The molecule has 0 N–H and O–H groups in total. The molecule has 3 aromatic carbocycles. The summed E-state index contributed by atoms with van der Waals surface area (Å²) in [5.74, 6) is 0.852. The molecular formula is C32H32ClFN2O. The number of likely N-dealkylation sites (tertiary alicyclic amines) is 1. The maximum absolute atomic E-state index is 12.5. The van der Waals surface area contributed by atoms with Crippen LogP contribution < -0.4 is 4.74 Å². The van der Waals surface area contributed by atoms with Gasteiger partial charge in [-0.25, -0.2) is 0 Å². The van der Waals surface area contributed by atoms with E-state index in [-0.39, 0.29) is 12.8 Å². The lowest BCUT2D eigenvalue weighted by atomic mass is 9.87. The van der Waals surface area contributed by atoms with Gasteiger partial charge in [-0.15, -0.1) is 0 Å². The molecule has 0 spiro atoms. The van der Waals surface area contributed by atoms with Crippen molar-refractivity contribution in [2.75, 3.05) is 26.3 Å². The topological polar surface area (TPSA) is 36.3 Å². The van der Waals surface area contributed by atoms with E-state index < -0.39 is 0 Å². The summed E-state index contributed by atoms with van der Waals surface area (Å²) in [5, 5.41) is 10.2. The monoisotopic (exact) mass is 514 g/mol. The minimum absolute atomic E-state index is 0.134. The number of halogens is 2. The molecule has 1 saturated heterocycles. The Balaban J connectivity index is 1.50. The van der Waals surface area contributed by atoms with E-state index in [9.17, 15) is 9.65 Å². The van der Waals surface area contributed by atoms with Crippen LogP contribution >= 0.6 is 11.6 Å². The number of benzene rings is 3. The van der Waals surface area contributed by atoms with E-state index >= 15 is 0 Å². The van der Waals surface area contributed by atoms with Crippen molar-refractivity contribution in [3.8, 4) is 11.8 Å². The average Bonchev–Trinajstić information content (AvgIpc) is 3.26. The van der Waals surface area contributed by atoms with Crippen LogP contribution in [0.15, 0.2) is 60.7 Å². The Morgan fingerprint density at radius 1 is 1.05 bits per heavy atom. The third-order valence-corrected chi connectivity index (χ3v) is 7.72. The van der Waals surface area contributed by atoms with E-state index in [4.69, 9.17) is 16.3 Å². The van der Waals surface area contributed by atoms with Crippen molar-refractivity contribution in [1.82, 2.24) is 4.90 Å². The van der Waals surface area contributed by atoms with Crippen molar-refractivity contribution in [1.29, 1.82) is 5.26 Å². The molecule has 5 rings (SSSR count). The summed E-state index contributed by atoms with van der Waals surface area (Å²) in [6, 6.07) is 23.0. The van der Waals surface area contributed by atoms with Crippen LogP contribution in [-0.2, 0) is 6.42 Å². The van der Waals surface area contributed by atoms with E-state index in [1.54, 1.807) is 0 Å². The number of rotatable bonds is 7. The summed E-state index contributed by atoms with van der Waals surface area (Å²) in [4.78, 5) is 2.28. The molecule has 1 unspecified atom stereocenters. The Morgan fingerprint density at radius 3 is 2.62 bits per heavy atom. The smallest absolute Gasteiger partial charge is 0.119 e. The van der Waals surface area contributed by atoms with E-state index in [0.717, 1.165) is 78.3 Å². The fourth-order valence-electron chi connectivity index (χ4n) is 5.59. The molecule has 1 aliphatic heterocycles. The van der Waals surface area contributed by atoms with Crippen LogP contribution in [0.1, 0.15) is 59.1 Å². The minimum Gasteiger partial charge on any atom is -0.489 e. The quantitative estimate of drug-likeness (QED) is 0.325. The highest BCUT2D eigenvalue weighted by molar-refractivity contribution is 6.32. The number of fused-ring (bicyclic) bond motifs is 1. The third-order valence-electron chi connectivity index (χ3n) is 7.41. The van der Waals surface area contributed by atoms with Gasteiger partial charge in [0, 0.05) is 24.7 Å². The minimum atomic E-state index is -0.268. The van der Waals surface area contributed by atoms with Crippen LogP contribution in [0.3, 0.4) is 0 Å². The highest BCUT2D eigenvalue weighted by Gasteiger charge is 2.25. The number of hydrogen-bond donors (Lipinski definition) is 0. The first-order valence-corrected chi connectivity index (χ1v) is 13.5. The first-order valence-electron chi connectivity index (χ1n) is 13.1. The van der Waals surface area contributed by atoms with Gasteiger partial charge in [0.15, 0.2) is 0 Å². The SMILES string of the molecule is Cc1ccc(C2=C(c3ccc(OC4CCN(CCCF)C4)cc3)c3ccc(C#N)cc3CCC2)c(Cl)c1. The zero-order valence-electron chi connectivity index (χ0n) is 21.3. The Hall–Kier alpha value is -3.13. The molecule has 1 aliphatic carbocycles. The summed E-state index contributed by atoms with van der Waals surface area (Å²) < 4.78 is 18.8. The van der Waals surface area contributed by atoms with Crippen molar-refractivity contribution in [2.24, 2.45) is 0 Å². The maximum Gasteiger partial charge on any atom is 0.119 e. The Morgan fingerprint density at radius 2 is 1.86 bits per heavy atom. The summed E-state index contributed by atoms with van der Waals surface area (Å²) in [6.07, 6.45) is 4.50. The molecule has 2 aliphatic rings. The van der Waals surface area contributed by atoms with Crippen LogP contribution in [0.2, 0.25) is 5.02 Å². The second-order valence-corrected chi connectivity index (χ2v) is 10.5. The largest absolute Gasteiger partial charge is 0.489 e. The lowest BCUT2D eigenvalue weighted by Crippen LogP contribution is -2.26. The molecule has 190 valence electrons. The van der Waals surface area contributed by atoms with Gasteiger partial charge in [0.1, 0.15) is 11.9 Å². The average molecular weight is 515 g/mol. The van der Waals surface area contributed by atoms with Crippen molar-refractivity contribution < 1.29 is 9.13 Å². The molecule has 0 saturated carbocycles. The van der Waals surface area contributed by atoms with Crippen LogP contribution in [0, 0.1) is 18.3 Å². The lowest BCUT2D eigenvalue weighted by molar-refractivity contribution is 0.198. The van der Waals surface area contributed by atoms with Gasteiger partial charge < -0.3 is 4.74 Å². The van der Waals surface area contributed by atoms with Crippen molar-refractivity contribution in [2.45, 2.75) is 45.1 Å². The molecule has 0 aromatic heterocycles. The molecule has 1 heterocycles. The predicted molar refractivity (Wildman–Crippen MR) is 149 cm³/mol. The highest BCUT2D eigenvalue weighted by Crippen LogP contribution is 2.42. The van der Waals surface area contributed by atoms with Crippen LogP contribution in [0.5, 0.6) is 5.75 Å². The molecule has 0 amide bonds. The lowest BCUT2D eigenvalue weighted by Gasteiger charge is -2.19. The summed E-state index contributed by atoms with van der Waals surface area (Å²) in [6.45, 7) is 4.38. The van der Waals surface area contributed by atoms with Crippen molar-refractivity contribution >= 4 is 22.7 Å². The number of ether oxygens (including phenoxy) is 1. The Labute approximate surface area is 224 Å². The van der Waals surface area contributed by atoms with Crippen molar-refractivity contribution in [3.63, 3.8) is 0 Å². The van der Waals surface area contributed by atoms with Gasteiger partial charge in [0.2, 0.25) is 0 Å². The third kappa shape index (κ3) is 5.74. The Bertz CT molecular complexity index is 1340. The van der Waals surface area contributed by atoms with Crippen LogP contribution in [0.4, 0.5) is 4.39 Å².